The van der Waals surface area contributed by atoms with E-state index in [2.05, 4.69) is 0 Å². The van der Waals surface area contributed by atoms with Crippen molar-refractivity contribution >= 4 is 18.0 Å². The van der Waals surface area contributed by atoms with Gasteiger partial charge in [-0.25, -0.2) is 0 Å². The maximum Gasteiger partial charge on any atom is 0.323 e. The Morgan fingerprint density at radius 3 is 2.13 bits per heavy atom. The van der Waals surface area contributed by atoms with Crippen LogP contribution in [0.4, 0.5) is 0 Å². The quantitative estimate of drug-likeness (QED) is 0.617. The number of esters is 2. The highest BCUT2D eigenvalue weighted by Crippen LogP contribution is 2.40. The van der Waals surface area contributed by atoms with Crippen LogP contribution in [0.2, 0.25) is 0 Å². The topological polar surface area (TPSA) is 61.8 Å². The van der Waals surface area contributed by atoms with Gasteiger partial charge < -0.3 is 14.2 Å². The van der Waals surface area contributed by atoms with E-state index >= 15 is 0 Å². The number of ether oxygens (including phenoxy) is 3. The van der Waals surface area contributed by atoms with E-state index in [1.165, 1.54) is 14.2 Å². The van der Waals surface area contributed by atoms with Crippen molar-refractivity contribution in [2.45, 2.75) is 12.8 Å². The lowest BCUT2D eigenvalue weighted by Crippen LogP contribution is -2.39. The third-order valence-corrected chi connectivity index (χ3v) is 3.98. The number of hydrogen-bond acceptors (Lipinski definition) is 5. The van der Waals surface area contributed by atoms with Crippen LogP contribution in [0.25, 0.3) is 6.08 Å². The summed E-state index contributed by atoms with van der Waals surface area (Å²) in [6.45, 7) is 0. The first-order valence-electron chi connectivity index (χ1n) is 7.24. The lowest BCUT2D eigenvalue weighted by atomic mass is 9.84. The molecule has 2 rings (SSSR count). The zero-order valence-electron chi connectivity index (χ0n) is 13.5. The van der Waals surface area contributed by atoms with Crippen molar-refractivity contribution in [1.82, 2.24) is 0 Å². The average molecular weight is 316 g/mol. The van der Waals surface area contributed by atoms with Gasteiger partial charge in [0.2, 0.25) is 0 Å². The fraction of sp³-hybridized carbons (Fsp3) is 0.333. The Bertz CT molecular complexity index is 624. The lowest BCUT2D eigenvalue weighted by molar-refractivity contribution is -0.168. The minimum atomic E-state index is -1.26. The van der Waals surface area contributed by atoms with E-state index in [9.17, 15) is 9.59 Å². The molecule has 0 saturated carbocycles. The van der Waals surface area contributed by atoms with Gasteiger partial charge in [-0.2, -0.15) is 0 Å². The van der Waals surface area contributed by atoms with Crippen LogP contribution in [-0.4, -0.2) is 33.3 Å². The van der Waals surface area contributed by atoms with Gasteiger partial charge in [-0.3, -0.25) is 9.59 Å². The molecular formula is C18H20O5. The summed E-state index contributed by atoms with van der Waals surface area (Å²) in [7, 11) is 4.17. The van der Waals surface area contributed by atoms with E-state index in [1.807, 2.05) is 42.5 Å². The zero-order valence-corrected chi connectivity index (χ0v) is 13.5. The van der Waals surface area contributed by atoms with E-state index in [0.717, 1.165) is 16.9 Å². The molecule has 0 bridgehead atoms. The molecule has 5 heteroatoms. The number of benzene rings is 1. The second-order valence-electron chi connectivity index (χ2n) is 5.33. The summed E-state index contributed by atoms with van der Waals surface area (Å²) in [5.74, 6) is -0.334. The first-order chi connectivity index (χ1) is 11.1. The molecule has 5 nitrogen and oxygen atoms in total. The van der Waals surface area contributed by atoms with E-state index in [-0.39, 0.29) is 12.8 Å². The Morgan fingerprint density at radius 1 is 1.00 bits per heavy atom. The molecule has 0 aliphatic heterocycles. The van der Waals surface area contributed by atoms with Gasteiger partial charge in [0.05, 0.1) is 21.3 Å². The van der Waals surface area contributed by atoms with E-state index < -0.39 is 17.4 Å². The summed E-state index contributed by atoms with van der Waals surface area (Å²) >= 11 is 0. The van der Waals surface area contributed by atoms with Gasteiger partial charge in [-0.05, 0) is 30.5 Å². The second-order valence-corrected chi connectivity index (χ2v) is 5.33. The van der Waals surface area contributed by atoms with Crippen molar-refractivity contribution in [3.05, 3.63) is 47.6 Å². The Hall–Kier alpha value is -2.56. The van der Waals surface area contributed by atoms with Crippen LogP contribution in [0.15, 0.2) is 42.0 Å². The molecule has 0 fully saturated rings. The molecule has 1 aromatic rings. The Kier molecular flexibility index (Phi) is 5.21. The highest BCUT2D eigenvalue weighted by atomic mass is 16.5. The molecule has 1 aromatic carbocycles. The summed E-state index contributed by atoms with van der Waals surface area (Å²) in [4.78, 5) is 24.1. The standard InChI is InChI=1S/C18H20O5/c1-21-15-8-6-13(7-9-15)4-5-14-10-11-18(12-14,16(19)22-2)17(20)23-3/h4-10H,11-12H2,1-3H3/b5-4-. The van der Waals surface area contributed by atoms with E-state index in [1.54, 1.807) is 7.11 Å². The molecule has 0 saturated heterocycles. The van der Waals surface area contributed by atoms with Gasteiger partial charge >= 0.3 is 11.9 Å². The Labute approximate surface area is 135 Å². The molecule has 0 spiro atoms. The van der Waals surface area contributed by atoms with Crippen molar-refractivity contribution < 1.29 is 23.8 Å². The number of allylic oxidation sites excluding steroid dienone is 3. The minimum Gasteiger partial charge on any atom is -0.497 e. The molecule has 0 heterocycles. The number of rotatable bonds is 5. The first kappa shape index (κ1) is 16.8. The van der Waals surface area contributed by atoms with E-state index in [0.29, 0.717) is 0 Å². The number of hydrogen-bond donors (Lipinski definition) is 0. The smallest absolute Gasteiger partial charge is 0.323 e. The van der Waals surface area contributed by atoms with Gasteiger partial charge in [-0.15, -0.1) is 0 Å². The highest BCUT2D eigenvalue weighted by Gasteiger charge is 2.50. The fourth-order valence-electron chi connectivity index (χ4n) is 2.63. The molecule has 0 N–H and O–H groups in total. The molecule has 122 valence electrons. The molecular weight excluding hydrogens is 296 g/mol. The van der Waals surface area contributed by atoms with Crippen molar-refractivity contribution in [2.75, 3.05) is 21.3 Å². The summed E-state index contributed by atoms with van der Waals surface area (Å²) in [6, 6.07) is 7.60. The van der Waals surface area contributed by atoms with Crippen LogP contribution < -0.4 is 4.74 Å². The Morgan fingerprint density at radius 2 is 1.61 bits per heavy atom. The largest absolute Gasteiger partial charge is 0.497 e. The molecule has 0 unspecified atom stereocenters. The molecule has 23 heavy (non-hydrogen) atoms. The zero-order chi connectivity index (χ0) is 16.9. The van der Waals surface area contributed by atoms with Crippen LogP contribution >= 0.6 is 0 Å². The molecule has 0 aromatic heterocycles. The van der Waals surface area contributed by atoms with Gasteiger partial charge in [0.25, 0.3) is 0 Å². The van der Waals surface area contributed by atoms with Crippen LogP contribution in [0.3, 0.4) is 0 Å². The van der Waals surface area contributed by atoms with Gasteiger partial charge in [0.1, 0.15) is 5.75 Å². The lowest BCUT2D eigenvalue weighted by Gasteiger charge is -2.22. The SMILES string of the molecule is COC(=O)C1(C(=O)OC)CC=C(/C=C\c2ccc(OC)cc2)C1. The summed E-state index contributed by atoms with van der Waals surface area (Å²) in [6.07, 6.45) is 6.26. The first-order valence-corrected chi connectivity index (χ1v) is 7.24. The predicted octanol–water partition coefficient (Wildman–Crippen LogP) is 2.76. The summed E-state index contributed by atoms with van der Waals surface area (Å²) < 4.78 is 14.7. The van der Waals surface area contributed by atoms with Crippen molar-refractivity contribution in [1.29, 1.82) is 0 Å². The second kappa shape index (κ2) is 7.13. The normalized spacial score (nSPS) is 16.0. The third kappa shape index (κ3) is 3.44. The minimum absolute atomic E-state index is 0.277. The van der Waals surface area contributed by atoms with Crippen LogP contribution in [0.1, 0.15) is 18.4 Å². The number of carbonyl (C=O) groups excluding carboxylic acids is 2. The van der Waals surface area contributed by atoms with Gasteiger partial charge in [-0.1, -0.05) is 35.9 Å². The van der Waals surface area contributed by atoms with Crippen molar-refractivity contribution in [2.24, 2.45) is 5.41 Å². The predicted molar refractivity (Wildman–Crippen MR) is 85.8 cm³/mol. The molecule has 0 atom stereocenters. The van der Waals surface area contributed by atoms with Gasteiger partial charge in [0, 0.05) is 0 Å². The number of methoxy groups -OCH3 is 3. The van der Waals surface area contributed by atoms with Crippen molar-refractivity contribution in [3.63, 3.8) is 0 Å². The number of carbonyl (C=O) groups is 2. The van der Waals surface area contributed by atoms with E-state index in [4.69, 9.17) is 14.2 Å². The average Bonchev–Trinajstić information content (AvgIpc) is 3.04. The maximum absolute atomic E-state index is 12.0. The molecule has 1 aliphatic carbocycles. The molecule has 0 radical (unpaired) electrons. The fourth-order valence-corrected chi connectivity index (χ4v) is 2.63. The monoisotopic (exact) mass is 316 g/mol. The summed E-state index contributed by atoms with van der Waals surface area (Å²) in [5, 5.41) is 0. The Balaban J connectivity index is 2.12. The molecule has 0 amide bonds. The highest BCUT2D eigenvalue weighted by molar-refractivity contribution is 6.01. The van der Waals surface area contributed by atoms with Crippen LogP contribution in [-0.2, 0) is 19.1 Å². The van der Waals surface area contributed by atoms with Crippen LogP contribution in [0, 0.1) is 5.41 Å². The van der Waals surface area contributed by atoms with Gasteiger partial charge in [0.15, 0.2) is 5.41 Å². The van der Waals surface area contributed by atoms with Crippen molar-refractivity contribution in [3.8, 4) is 5.75 Å². The third-order valence-electron chi connectivity index (χ3n) is 3.98. The maximum atomic E-state index is 12.0. The van der Waals surface area contributed by atoms with Crippen LogP contribution in [0.5, 0.6) is 5.75 Å². The molecule has 1 aliphatic rings. The summed E-state index contributed by atoms with van der Waals surface area (Å²) in [5.41, 5.74) is 0.639.